The minimum absolute atomic E-state index is 0.189. The van der Waals surface area contributed by atoms with E-state index in [9.17, 15) is 4.79 Å². The maximum absolute atomic E-state index is 9.77. The molecule has 0 aromatic heterocycles. The van der Waals surface area contributed by atoms with Gasteiger partial charge in [0.05, 0.1) is 6.54 Å². The standard InChI is InChI=1S/C8H9N2O/c11-7-6-9-10-8-4-2-1-3-5-8/h1-5,9-10H,6H2. The van der Waals surface area contributed by atoms with Crippen LogP contribution in [0.4, 0.5) is 5.69 Å². The van der Waals surface area contributed by atoms with Crippen LogP contribution in [0.3, 0.4) is 0 Å². The van der Waals surface area contributed by atoms with Gasteiger partial charge in [-0.05, 0) is 12.1 Å². The highest BCUT2D eigenvalue weighted by Gasteiger charge is 1.85. The largest absolute Gasteiger partial charge is 0.321 e. The van der Waals surface area contributed by atoms with Crippen LogP contribution >= 0.6 is 0 Å². The normalized spacial score (nSPS) is 9.09. The van der Waals surface area contributed by atoms with Gasteiger partial charge in [-0.15, -0.1) is 0 Å². The first kappa shape index (κ1) is 7.75. The zero-order valence-corrected chi connectivity index (χ0v) is 6.00. The van der Waals surface area contributed by atoms with Crippen molar-refractivity contribution in [3.63, 3.8) is 0 Å². The Bertz CT molecular complexity index is 211. The number of hydrogen-bond acceptors (Lipinski definition) is 3. The van der Waals surface area contributed by atoms with E-state index in [2.05, 4.69) is 10.9 Å². The van der Waals surface area contributed by atoms with Gasteiger partial charge in [0, 0.05) is 5.69 Å². The fourth-order valence-corrected chi connectivity index (χ4v) is 0.704. The van der Waals surface area contributed by atoms with E-state index in [-0.39, 0.29) is 6.54 Å². The molecule has 0 aliphatic rings. The van der Waals surface area contributed by atoms with Gasteiger partial charge in [0.2, 0.25) is 6.29 Å². The van der Waals surface area contributed by atoms with Crippen LogP contribution in [-0.2, 0) is 4.79 Å². The number of anilines is 1. The van der Waals surface area contributed by atoms with Crippen molar-refractivity contribution in [2.45, 2.75) is 0 Å². The molecule has 11 heavy (non-hydrogen) atoms. The van der Waals surface area contributed by atoms with E-state index in [0.29, 0.717) is 0 Å². The lowest BCUT2D eigenvalue weighted by molar-refractivity contribution is 0.552. The van der Waals surface area contributed by atoms with Gasteiger partial charge in [-0.3, -0.25) is 4.79 Å². The highest BCUT2D eigenvalue weighted by atomic mass is 16.1. The maximum Gasteiger partial charge on any atom is 0.215 e. The van der Waals surface area contributed by atoms with Crippen molar-refractivity contribution >= 4 is 12.0 Å². The van der Waals surface area contributed by atoms with Crippen molar-refractivity contribution in [2.24, 2.45) is 0 Å². The molecular weight excluding hydrogens is 140 g/mol. The Morgan fingerprint density at radius 3 is 2.64 bits per heavy atom. The maximum atomic E-state index is 9.77. The molecule has 0 bridgehead atoms. The second-order valence-corrected chi connectivity index (χ2v) is 1.99. The van der Waals surface area contributed by atoms with Crippen LogP contribution in [-0.4, -0.2) is 12.8 Å². The molecule has 3 heteroatoms. The van der Waals surface area contributed by atoms with Crippen molar-refractivity contribution in [3.05, 3.63) is 30.3 Å². The molecule has 0 saturated heterocycles. The number of carbonyl (C=O) groups excluding carboxylic acids is 1. The van der Waals surface area contributed by atoms with Crippen LogP contribution in [0.25, 0.3) is 0 Å². The molecule has 0 fully saturated rings. The van der Waals surface area contributed by atoms with E-state index in [1.54, 1.807) is 6.29 Å². The summed E-state index contributed by atoms with van der Waals surface area (Å²) in [5.41, 5.74) is 6.44. The summed E-state index contributed by atoms with van der Waals surface area (Å²) in [6, 6.07) is 9.55. The molecule has 0 amide bonds. The summed E-state index contributed by atoms with van der Waals surface area (Å²) in [5, 5.41) is 0. The monoisotopic (exact) mass is 149 g/mol. The van der Waals surface area contributed by atoms with E-state index >= 15 is 0 Å². The lowest BCUT2D eigenvalue weighted by Crippen LogP contribution is -2.23. The van der Waals surface area contributed by atoms with Crippen molar-refractivity contribution < 1.29 is 4.79 Å². The molecule has 0 saturated carbocycles. The Balaban J connectivity index is 2.33. The second-order valence-electron chi connectivity index (χ2n) is 1.99. The first-order chi connectivity index (χ1) is 5.43. The van der Waals surface area contributed by atoms with Crippen molar-refractivity contribution in [1.82, 2.24) is 5.43 Å². The predicted octanol–water partition coefficient (Wildman–Crippen LogP) is 0.713. The molecule has 0 aliphatic carbocycles. The molecule has 0 spiro atoms. The summed E-state index contributed by atoms with van der Waals surface area (Å²) in [7, 11) is 0. The van der Waals surface area contributed by atoms with Gasteiger partial charge in [-0.25, -0.2) is 5.43 Å². The van der Waals surface area contributed by atoms with Crippen LogP contribution in [0, 0.1) is 0 Å². The molecular formula is C8H9N2O. The summed E-state index contributed by atoms with van der Waals surface area (Å²) in [6.07, 6.45) is 1.71. The number of benzene rings is 1. The number of hydrogen-bond donors (Lipinski definition) is 2. The van der Waals surface area contributed by atoms with Gasteiger partial charge in [0.1, 0.15) is 0 Å². The van der Waals surface area contributed by atoms with Crippen LogP contribution in [0.15, 0.2) is 30.3 Å². The van der Waals surface area contributed by atoms with Gasteiger partial charge in [0.15, 0.2) is 0 Å². The zero-order valence-electron chi connectivity index (χ0n) is 6.00. The van der Waals surface area contributed by atoms with E-state index in [0.717, 1.165) is 5.69 Å². The van der Waals surface area contributed by atoms with Gasteiger partial charge in [-0.1, -0.05) is 18.2 Å². The lowest BCUT2D eigenvalue weighted by atomic mass is 10.3. The predicted molar refractivity (Wildman–Crippen MR) is 43.8 cm³/mol. The smallest absolute Gasteiger partial charge is 0.215 e. The summed E-state index contributed by atoms with van der Waals surface area (Å²) >= 11 is 0. The summed E-state index contributed by atoms with van der Waals surface area (Å²) in [4.78, 5) is 9.77. The number of hydrazine groups is 1. The van der Waals surface area contributed by atoms with Crippen molar-refractivity contribution in [3.8, 4) is 0 Å². The Hall–Kier alpha value is -1.35. The van der Waals surface area contributed by atoms with Crippen LogP contribution < -0.4 is 10.9 Å². The highest BCUT2D eigenvalue weighted by Crippen LogP contribution is 2.01. The number of nitrogens with one attached hydrogen (secondary N) is 2. The number of rotatable bonds is 4. The Kier molecular flexibility index (Phi) is 3.15. The summed E-state index contributed by atoms with van der Waals surface area (Å²) in [5.74, 6) is 0. The fraction of sp³-hybridized carbons (Fsp3) is 0.125. The molecule has 57 valence electrons. The Labute approximate surface area is 65.4 Å². The Morgan fingerprint density at radius 1 is 1.27 bits per heavy atom. The van der Waals surface area contributed by atoms with E-state index in [4.69, 9.17) is 0 Å². The molecule has 0 aliphatic heterocycles. The average Bonchev–Trinajstić information content (AvgIpc) is 2.07. The minimum atomic E-state index is 0.189. The van der Waals surface area contributed by atoms with Gasteiger partial charge >= 0.3 is 0 Å². The first-order valence-electron chi connectivity index (χ1n) is 3.32. The van der Waals surface area contributed by atoms with Gasteiger partial charge in [0.25, 0.3) is 0 Å². The van der Waals surface area contributed by atoms with Gasteiger partial charge < -0.3 is 5.43 Å². The topological polar surface area (TPSA) is 41.1 Å². The molecule has 1 aromatic carbocycles. The molecule has 1 radical (unpaired) electrons. The molecule has 0 heterocycles. The lowest BCUT2D eigenvalue weighted by Gasteiger charge is -2.03. The third-order valence-electron chi connectivity index (χ3n) is 1.17. The third kappa shape index (κ3) is 2.82. The fourth-order valence-electron chi connectivity index (χ4n) is 0.704. The molecule has 3 nitrogen and oxygen atoms in total. The molecule has 0 atom stereocenters. The summed E-state index contributed by atoms with van der Waals surface area (Å²) in [6.45, 7) is 0.189. The Morgan fingerprint density at radius 2 is 2.00 bits per heavy atom. The van der Waals surface area contributed by atoms with E-state index < -0.39 is 0 Å². The van der Waals surface area contributed by atoms with E-state index in [1.165, 1.54) is 0 Å². The molecule has 0 unspecified atom stereocenters. The van der Waals surface area contributed by atoms with Crippen LogP contribution in [0.2, 0.25) is 0 Å². The molecule has 1 aromatic rings. The average molecular weight is 149 g/mol. The third-order valence-corrected chi connectivity index (χ3v) is 1.17. The van der Waals surface area contributed by atoms with Crippen LogP contribution in [0.1, 0.15) is 0 Å². The quantitative estimate of drug-likeness (QED) is 0.489. The van der Waals surface area contributed by atoms with E-state index in [1.807, 2.05) is 30.3 Å². The molecule has 2 N–H and O–H groups in total. The molecule has 1 rings (SSSR count). The van der Waals surface area contributed by atoms with Gasteiger partial charge in [-0.2, -0.15) is 0 Å². The number of para-hydroxylation sites is 1. The first-order valence-corrected chi connectivity index (χ1v) is 3.32. The minimum Gasteiger partial charge on any atom is -0.321 e. The highest BCUT2D eigenvalue weighted by molar-refractivity contribution is 5.53. The zero-order chi connectivity index (χ0) is 7.94. The second kappa shape index (κ2) is 4.46. The summed E-state index contributed by atoms with van der Waals surface area (Å²) < 4.78 is 0. The SMILES string of the molecule is O=[C]CNNc1ccccc1. The van der Waals surface area contributed by atoms with Crippen molar-refractivity contribution in [1.29, 1.82) is 0 Å². The van der Waals surface area contributed by atoms with Crippen molar-refractivity contribution in [2.75, 3.05) is 12.0 Å². The van der Waals surface area contributed by atoms with Crippen LogP contribution in [0.5, 0.6) is 0 Å².